The van der Waals surface area contributed by atoms with E-state index in [1.807, 2.05) is 11.4 Å². The normalized spacial score (nSPS) is 10.5. The van der Waals surface area contributed by atoms with Crippen molar-refractivity contribution in [3.63, 3.8) is 0 Å². The van der Waals surface area contributed by atoms with E-state index in [0.717, 1.165) is 10.2 Å². The molecule has 11 heavy (non-hydrogen) atoms. The summed E-state index contributed by atoms with van der Waals surface area (Å²) in [7, 11) is 0. The average molecular weight is 166 g/mol. The summed E-state index contributed by atoms with van der Waals surface area (Å²) < 4.78 is 0. The lowest BCUT2D eigenvalue weighted by Gasteiger charge is -1.84. The first-order valence-electron chi connectivity index (χ1n) is 3.13. The van der Waals surface area contributed by atoms with E-state index in [2.05, 4.69) is 4.98 Å². The number of carbonyl (C=O) groups is 1. The highest BCUT2D eigenvalue weighted by molar-refractivity contribution is 7.16. The van der Waals surface area contributed by atoms with Crippen molar-refractivity contribution in [3.05, 3.63) is 23.2 Å². The number of aromatic amines is 1. The van der Waals surface area contributed by atoms with E-state index in [-0.39, 0.29) is 5.91 Å². The Morgan fingerprint density at radius 2 is 2.45 bits per heavy atom. The van der Waals surface area contributed by atoms with Crippen molar-refractivity contribution < 1.29 is 4.79 Å². The largest absolute Gasteiger partial charge is 0.366 e. The van der Waals surface area contributed by atoms with Gasteiger partial charge in [-0.3, -0.25) is 4.79 Å². The third-order valence-electron chi connectivity index (χ3n) is 1.57. The molecule has 0 radical (unpaired) electrons. The standard InChI is InChI=1S/C7H6N2OS/c8-6(10)5-3-9-7-4(5)1-2-11-7/h1-3,9H,(H2,8,10). The summed E-state index contributed by atoms with van der Waals surface area (Å²) >= 11 is 1.56. The van der Waals surface area contributed by atoms with Crippen LogP contribution in [-0.4, -0.2) is 10.9 Å². The molecule has 2 aromatic rings. The maximum absolute atomic E-state index is 10.8. The predicted octanol–water partition coefficient (Wildman–Crippen LogP) is 1.33. The topological polar surface area (TPSA) is 58.9 Å². The summed E-state index contributed by atoms with van der Waals surface area (Å²) in [5.74, 6) is -0.380. The van der Waals surface area contributed by atoms with Gasteiger partial charge in [-0.05, 0) is 11.4 Å². The number of hydrogen-bond donors (Lipinski definition) is 2. The fraction of sp³-hybridized carbons (Fsp3) is 0. The second-order valence-corrected chi connectivity index (χ2v) is 3.15. The van der Waals surface area contributed by atoms with Gasteiger partial charge >= 0.3 is 0 Å². The van der Waals surface area contributed by atoms with Crippen LogP contribution in [0.3, 0.4) is 0 Å². The Morgan fingerprint density at radius 3 is 3.18 bits per heavy atom. The zero-order valence-electron chi connectivity index (χ0n) is 5.63. The molecule has 2 rings (SSSR count). The molecule has 0 aromatic carbocycles. The summed E-state index contributed by atoms with van der Waals surface area (Å²) in [6.45, 7) is 0. The van der Waals surface area contributed by atoms with Crippen molar-refractivity contribution in [2.75, 3.05) is 0 Å². The molecule has 0 unspecified atom stereocenters. The van der Waals surface area contributed by atoms with Gasteiger partial charge in [0.2, 0.25) is 0 Å². The molecule has 0 fully saturated rings. The number of primary amides is 1. The minimum absolute atomic E-state index is 0.380. The summed E-state index contributed by atoms with van der Waals surface area (Å²) in [6, 6.07) is 1.89. The van der Waals surface area contributed by atoms with Gasteiger partial charge in [0.25, 0.3) is 5.91 Å². The van der Waals surface area contributed by atoms with Gasteiger partial charge in [-0.2, -0.15) is 0 Å². The zero-order chi connectivity index (χ0) is 7.84. The van der Waals surface area contributed by atoms with E-state index in [1.165, 1.54) is 0 Å². The van der Waals surface area contributed by atoms with Crippen molar-refractivity contribution >= 4 is 27.5 Å². The van der Waals surface area contributed by atoms with Crippen molar-refractivity contribution in [3.8, 4) is 0 Å². The van der Waals surface area contributed by atoms with Crippen molar-refractivity contribution in [2.24, 2.45) is 5.73 Å². The van der Waals surface area contributed by atoms with E-state index in [4.69, 9.17) is 5.73 Å². The quantitative estimate of drug-likeness (QED) is 0.659. The minimum atomic E-state index is -0.380. The molecule has 0 aliphatic heterocycles. The maximum atomic E-state index is 10.8. The van der Waals surface area contributed by atoms with Gasteiger partial charge in [0.05, 0.1) is 5.56 Å². The summed E-state index contributed by atoms with van der Waals surface area (Å²) in [5.41, 5.74) is 5.70. The van der Waals surface area contributed by atoms with Gasteiger partial charge in [-0.15, -0.1) is 11.3 Å². The molecule has 0 saturated heterocycles. The summed E-state index contributed by atoms with van der Waals surface area (Å²) in [5, 5.41) is 2.84. The molecule has 4 heteroatoms. The fourth-order valence-corrected chi connectivity index (χ4v) is 1.82. The van der Waals surface area contributed by atoms with Gasteiger partial charge in [0.15, 0.2) is 0 Å². The van der Waals surface area contributed by atoms with Crippen molar-refractivity contribution in [1.29, 1.82) is 0 Å². The molecule has 3 N–H and O–H groups in total. The predicted molar refractivity (Wildman–Crippen MR) is 44.7 cm³/mol. The molecule has 1 amide bonds. The van der Waals surface area contributed by atoms with Crippen LogP contribution in [0.15, 0.2) is 17.6 Å². The molecule has 56 valence electrons. The second-order valence-electron chi connectivity index (χ2n) is 2.23. The minimum Gasteiger partial charge on any atom is -0.366 e. The molecule has 2 aromatic heterocycles. The second kappa shape index (κ2) is 2.10. The van der Waals surface area contributed by atoms with Gasteiger partial charge in [-0.1, -0.05) is 0 Å². The first-order chi connectivity index (χ1) is 5.29. The number of amides is 1. The van der Waals surface area contributed by atoms with Crippen LogP contribution in [0.1, 0.15) is 10.4 Å². The lowest BCUT2D eigenvalue weighted by molar-refractivity contribution is 0.100. The summed E-state index contributed by atoms with van der Waals surface area (Å²) in [6.07, 6.45) is 1.64. The van der Waals surface area contributed by atoms with E-state index >= 15 is 0 Å². The average Bonchev–Trinajstić information content (AvgIpc) is 2.41. The number of nitrogens with two attached hydrogens (primary N) is 1. The van der Waals surface area contributed by atoms with E-state index in [1.54, 1.807) is 17.5 Å². The van der Waals surface area contributed by atoms with Crippen LogP contribution in [0.25, 0.3) is 10.2 Å². The fourth-order valence-electron chi connectivity index (χ4n) is 1.05. The van der Waals surface area contributed by atoms with Crippen molar-refractivity contribution in [1.82, 2.24) is 4.98 Å². The molecular weight excluding hydrogens is 160 g/mol. The molecule has 0 saturated carbocycles. The first-order valence-corrected chi connectivity index (χ1v) is 4.01. The Labute approximate surface area is 66.8 Å². The molecule has 3 nitrogen and oxygen atoms in total. The molecule has 0 bridgehead atoms. The Kier molecular flexibility index (Phi) is 1.22. The van der Waals surface area contributed by atoms with Crippen LogP contribution in [0.2, 0.25) is 0 Å². The molecule has 2 heterocycles. The third-order valence-corrected chi connectivity index (χ3v) is 2.41. The number of hydrogen-bond acceptors (Lipinski definition) is 2. The Hall–Kier alpha value is -1.29. The van der Waals surface area contributed by atoms with Crippen LogP contribution in [0, 0.1) is 0 Å². The number of aromatic nitrogens is 1. The van der Waals surface area contributed by atoms with E-state index < -0.39 is 0 Å². The molecule has 0 aliphatic carbocycles. The Bertz CT molecular complexity index is 401. The number of rotatable bonds is 1. The summed E-state index contributed by atoms with van der Waals surface area (Å²) in [4.78, 5) is 14.7. The van der Waals surface area contributed by atoms with Crippen LogP contribution in [0.4, 0.5) is 0 Å². The lowest BCUT2D eigenvalue weighted by Crippen LogP contribution is -2.09. The number of carbonyl (C=O) groups excluding carboxylic acids is 1. The first kappa shape index (κ1) is 6.42. The monoisotopic (exact) mass is 166 g/mol. The Balaban J connectivity index is 2.78. The van der Waals surface area contributed by atoms with Crippen molar-refractivity contribution in [2.45, 2.75) is 0 Å². The number of H-pyrrole nitrogens is 1. The van der Waals surface area contributed by atoms with Gasteiger partial charge in [0.1, 0.15) is 4.83 Å². The lowest BCUT2D eigenvalue weighted by atomic mass is 10.2. The van der Waals surface area contributed by atoms with Crippen LogP contribution >= 0.6 is 11.3 Å². The van der Waals surface area contributed by atoms with Gasteiger partial charge in [-0.25, -0.2) is 0 Å². The maximum Gasteiger partial charge on any atom is 0.250 e. The zero-order valence-corrected chi connectivity index (χ0v) is 6.44. The van der Waals surface area contributed by atoms with Crippen LogP contribution in [0.5, 0.6) is 0 Å². The number of thiophene rings is 1. The SMILES string of the molecule is NC(=O)c1c[nH]c2sccc12. The molecule has 0 aliphatic rings. The Morgan fingerprint density at radius 1 is 1.64 bits per heavy atom. The molecule has 0 atom stereocenters. The highest BCUT2D eigenvalue weighted by Gasteiger charge is 2.07. The van der Waals surface area contributed by atoms with Crippen LogP contribution in [-0.2, 0) is 0 Å². The van der Waals surface area contributed by atoms with E-state index in [9.17, 15) is 4.79 Å². The van der Waals surface area contributed by atoms with Gasteiger partial charge in [0, 0.05) is 11.6 Å². The van der Waals surface area contributed by atoms with Crippen LogP contribution < -0.4 is 5.73 Å². The van der Waals surface area contributed by atoms with E-state index in [0.29, 0.717) is 5.56 Å². The highest BCUT2D eigenvalue weighted by atomic mass is 32.1. The smallest absolute Gasteiger partial charge is 0.250 e. The molecular formula is C7H6N2OS. The number of nitrogens with one attached hydrogen (secondary N) is 1. The molecule has 0 spiro atoms. The van der Waals surface area contributed by atoms with Gasteiger partial charge < -0.3 is 10.7 Å². The third kappa shape index (κ3) is 0.832. The number of fused-ring (bicyclic) bond motifs is 1. The highest BCUT2D eigenvalue weighted by Crippen LogP contribution is 2.22.